The molecular weight excluding hydrogens is 363 g/mol. The highest BCUT2D eigenvalue weighted by atomic mass is 19.1. The Hall–Kier alpha value is -3.28. The lowest BCUT2D eigenvalue weighted by Gasteiger charge is -2.13. The molecule has 1 N–H and O–H groups in total. The summed E-state index contributed by atoms with van der Waals surface area (Å²) in [6.45, 7) is 1.59. The standard InChI is InChI=1S/C22H21FO5/c1-12(22(24)25)17-10-14(16-6-5-15(23)11-18(16)17)7-13-8-19(26-2)21(28-4)20(9-13)27-3/h5-12H,1-4H3,(H,24,25). The Morgan fingerprint density at radius 1 is 1.04 bits per heavy atom. The highest BCUT2D eigenvalue weighted by Crippen LogP contribution is 2.43. The average Bonchev–Trinajstić information content (AvgIpc) is 3.03. The number of rotatable bonds is 6. The van der Waals surface area contributed by atoms with Gasteiger partial charge in [0.1, 0.15) is 5.82 Å². The number of allylic oxidation sites excluding steroid dienone is 2. The van der Waals surface area contributed by atoms with Crippen molar-refractivity contribution in [1.82, 2.24) is 0 Å². The minimum absolute atomic E-state index is 0.406. The Kier molecular flexibility index (Phi) is 5.40. The molecule has 0 spiro atoms. The van der Waals surface area contributed by atoms with Gasteiger partial charge in [0.25, 0.3) is 0 Å². The van der Waals surface area contributed by atoms with Crippen molar-refractivity contribution < 1.29 is 28.5 Å². The summed E-state index contributed by atoms with van der Waals surface area (Å²) >= 11 is 0. The van der Waals surface area contributed by atoms with Crippen LogP contribution in [0.2, 0.25) is 0 Å². The van der Waals surface area contributed by atoms with Gasteiger partial charge in [-0.3, -0.25) is 4.79 Å². The van der Waals surface area contributed by atoms with Gasteiger partial charge >= 0.3 is 5.97 Å². The van der Waals surface area contributed by atoms with E-state index in [9.17, 15) is 14.3 Å². The maximum absolute atomic E-state index is 13.8. The molecule has 0 aliphatic heterocycles. The van der Waals surface area contributed by atoms with Crippen LogP contribution in [-0.2, 0) is 4.79 Å². The summed E-state index contributed by atoms with van der Waals surface area (Å²) in [6, 6.07) is 7.99. The van der Waals surface area contributed by atoms with Crippen molar-refractivity contribution in [3.8, 4) is 17.2 Å². The van der Waals surface area contributed by atoms with Crippen LogP contribution in [0.15, 0.2) is 36.4 Å². The Morgan fingerprint density at radius 3 is 2.21 bits per heavy atom. The zero-order valence-corrected chi connectivity index (χ0v) is 16.1. The predicted octanol–water partition coefficient (Wildman–Crippen LogP) is 4.51. The molecule has 2 aromatic rings. The van der Waals surface area contributed by atoms with Crippen molar-refractivity contribution in [2.24, 2.45) is 5.92 Å². The smallest absolute Gasteiger partial charge is 0.310 e. The van der Waals surface area contributed by atoms with Crippen LogP contribution < -0.4 is 14.2 Å². The second-order valence-corrected chi connectivity index (χ2v) is 6.41. The lowest BCUT2D eigenvalue weighted by molar-refractivity contribution is -0.139. The van der Waals surface area contributed by atoms with E-state index in [-0.39, 0.29) is 0 Å². The minimum Gasteiger partial charge on any atom is -0.493 e. The summed E-state index contributed by atoms with van der Waals surface area (Å²) in [6.07, 6.45) is 3.66. The van der Waals surface area contributed by atoms with Gasteiger partial charge in [0.2, 0.25) is 5.75 Å². The molecular formula is C22H21FO5. The lowest BCUT2D eigenvalue weighted by Crippen LogP contribution is -2.10. The number of carboxylic acids is 1. The van der Waals surface area contributed by atoms with Crippen LogP contribution in [0.25, 0.3) is 17.2 Å². The molecule has 0 amide bonds. The molecule has 1 aliphatic carbocycles. The van der Waals surface area contributed by atoms with Crippen LogP contribution in [0, 0.1) is 11.7 Å². The van der Waals surface area contributed by atoms with E-state index in [0.29, 0.717) is 28.4 Å². The monoisotopic (exact) mass is 384 g/mol. The molecule has 28 heavy (non-hydrogen) atoms. The van der Waals surface area contributed by atoms with Crippen molar-refractivity contribution in [1.29, 1.82) is 0 Å². The van der Waals surface area contributed by atoms with Gasteiger partial charge in [0.05, 0.1) is 27.2 Å². The Balaban J connectivity index is 2.16. The van der Waals surface area contributed by atoms with Crippen molar-refractivity contribution >= 4 is 23.2 Å². The average molecular weight is 384 g/mol. The van der Waals surface area contributed by atoms with E-state index in [1.807, 2.05) is 6.08 Å². The summed E-state index contributed by atoms with van der Waals surface area (Å²) in [5.74, 6) is -0.627. The molecule has 0 fully saturated rings. The van der Waals surface area contributed by atoms with Gasteiger partial charge in [-0.2, -0.15) is 0 Å². The fourth-order valence-corrected chi connectivity index (χ4v) is 3.31. The fraction of sp³-hybridized carbons (Fsp3) is 0.227. The van der Waals surface area contributed by atoms with Gasteiger partial charge in [-0.15, -0.1) is 0 Å². The number of hydrogen-bond acceptors (Lipinski definition) is 4. The number of aliphatic carboxylic acids is 1. The van der Waals surface area contributed by atoms with Crippen LogP contribution in [0.4, 0.5) is 4.39 Å². The molecule has 0 saturated carbocycles. The maximum atomic E-state index is 13.8. The van der Waals surface area contributed by atoms with Crippen LogP contribution >= 0.6 is 0 Å². The molecule has 1 aliphatic rings. The summed E-state index contributed by atoms with van der Waals surface area (Å²) < 4.78 is 29.9. The Morgan fingerprint density at radius 2 is 1.68 bits per heavy atom. The van der Waals surface area contributed by atoms with E-state index in [1.165, 1.54) is 33.5 Å². The molecule has 0 radical (unpaired) electrons. The number of halogens is 1. The molecule has 0 heterocycles. The largest absolute Gasteiger partial charge is 0.493 e. The van der Waals surface area contributed by atoms with E-state index in [1.54, 1.807) is 31.2 Å². The number of carbonyl (C=O) groups is 1. The summed E-state index contributed by atoms with van der Waals surface area (Å²) in [4.78, 5) is 11.5. The summed E-state index contributed by atoms with van der Waals surface area (Å²) in [5.41, 5.74) is 3.50. The molecule has 146 valence electrons. The minimum atomic E-state index is -0.963. The molecule has 1 unspecified atom stereocenters. The fourth-order valence-electron chi connectivity index (χ4n) is 3.31. The van der Waals surface area contributed by atoms with E-state index in [2.05, 4.69) is 0 Å². The van der Waals surface area contributed by atoms with Gasteiger partial charge in [0, 0.05) is 0 Å². The van der Waals surface area contributed by atoms with Gasteiger partial charge < -0.3 is 19.3 Å². The first-order chi connectivity index (χ1) is 13.4. The molecule has 2 aromatic carbocycles. The van der Waals surface area contributed by atoms with Gasteiger partial charge in [-0.25, -0.2) is 4.39 Å². The zero-order chi connectivity index (χ0) is 20.4. The van der Waals surface area contributed by atoms with Crippen molar-refractivity contribution in [3.05, 3.63) is 58.9 Å². The number of carboxylic acid groups (broad SMARTS) is 1. The third-order valence-corrected chi connectivity index (χ3v) is 4.76. The number of benzene rings is 2. The van der Waals surface area contributed by atoms with E-state index in [4.69, 9.17) is 14.2 Å². The van der Waals surface area contributed by atoms with E-state index >= 15 is 0 Å². The molecule has 0 saturated heterocycles. The first-order valence-electron chi connectivity index (χ1n) is 8.66. The maximum Gasteiger partial charge on any atom is 0.310 e. The van der Waals surface area contributed by atoms with Gasteiger partial charge in [-0.05, 0) is 71.2 Å². The third-order valence-electron chi connectivity index (χ3n) is 4.76. The lowest BCUT2D eigenvalue weighted by atomic mass is 9.95. The number of ether oxygens (including phenoxy) is 3. The highest BCUT2D eigenvalue weighted by Gasteiger charge is 2.27. The second-order valence-electron chi connectivity index (χ2n) is 6.41. The first-order valence-corrected chi connectivity index (χ1v) is 8.66. The van der Waals surface area contributed by atoms with Crippen LogP contribution in [0.5, 0.6) is 17.2 Å². The Bertz CT molecular complexity index is 965. The molecule has 0 bridgehead atoms. The van der Waals surface area contributed by atoms with Gasteiger partial charge in [-0.1, -0.05) is 6.07 Å². The number of hydrogen-bond donors (Lipinski definition) is 1. The second kappa shape index (κ2) is 7.76. The zero-order valence-electron chi connectivity index (χ0n) is 16.1. The van der Waals surface area contributed by atoms with Gasteiger partial charge in [0.15, 0.2) is 11.5 Å². The summed E-state index contributed by atoms with van der Waals surface area (Å²) in [7, 11) is 4.60. The highest BCUT2D eigenvalue weighted by molar-refractivity contribution is 6.05. The third kappa shape index (κ3) is 3.45. The number of methoxy groups -OCH3 is 3. The van der Waals surface area contributed by atoms with Crippen molar-refractivity contribution in [2.45, 2.75) is 6.92 Å². The topological polar surface area (TPSA) is 65.0 Å². The molecule has 5 nitrogen and oxygen atoms in total. The molecule has 1 atom stereocenters. The normalized spacial score (nSPS) is 15.0. The first kappa shape index (κ1) is 19.5. The van der Waals surface area contributed by atoms with Crippen LogP contribution in [0.3, 0.4) is 0 Å². The van der Waals surface area contributed by atoms with E-state index < -0.39 is 17.7 Å². The van der Waals surface area contributed by atoms with E-state index in [0.717, 1.165) is 16.7 Å². The van der Waals surface area contributed by atoms with Crippen LogP contribution in [-0.4, -0.2) is 32.4 Å². The summed E-state index contributed by atoms with van der Waals surface area (Å²) in [5, 5.41) is 9.41. The Labute approximate surface area is 162 Å². The number of fused-ring (bicyclic) bond motifs is 1. The quantitative estimate of drug-likeness (QED) is 0.794. The van der Waals surface area contributed by atoms with Crippen LogP contribution in [0.1, 0.15) is 23.6 Å². The molecule has 3 rings (SSSR count). The van der Waals surface area contributed by atoms with Crippen molar-refractivity contribution in [2.75, 3.05) is 21.3 Å². The SMILES string of the molecule is COc1cc(C=C2C=C(C(C)C(=O)O)c3cc(F)ccc32)cc(OC)c1OC. The molecule has 6 heteroatoms. The predicted molar refractivity (Wildman–Crippen MR) is 105 cm³/mol. The van der Waals surface area contributed by atoms with Crippen molar-refractivity contribution in [3.63, 3.8) is 0 Å². The molecule has 0 aromatic heterocycles.